The van der Waals surface area contributed by atoms with Crippen LogP contribution in [-0.2, 0) is 6.54 Å². The Hall–Kier alpha value is -0.940. The predicted octanol–water partition coefficient (Wildman–Crippen LogP) is 1.64. The maximum atomic E-state index is 9.64. The predicted molar refractivity (Wildman–Crippen MR) is 70.1 cm³/mol. The summed E-state index contributed by atoms with van der Waals surface area (Å²) in [6, 6.07) is 0.320. The number of rotatable bonds is 5. The van der Waals surface area contributed by atoms with Crippen molar-refractivity contribution in [2.45, 2.75) is 64.1 Å². The molecule has 0 unspecified atom stereocenters. The summed E-state index contributed by atoms with van der Waals surface area (Å²) < 4.78 is 1.93. The van der Waals surface area contributed by atoms with E-state index in [1.165, 1.54) is 19.3 Å². The lowest BCUT2D eigenvalue weighted by atomic mass is 9.82. The molecule has 0 atom stereocenters. The fraction of sp³-hybridized carbons (Fsp3) is 0.846. The molecule has 0 saturated heterocycles. The van der Waals surface area contributed by atoms with Gasteiger partial charge in [-0.25, -0.2) is 9.67 Å². The van der Waals surface area contributed by atoms with Gasteiger partial charge in [-0.15, -0.1) is 0 Å². The second-order valence-corrected chi connectivity index (χ2v) is 5.57. The van der Waals surface area contributed by atoms with Crippen LogP contribution < -0.4 is 5.32 Å². The Balaban J connectivity index is 1.99. The molecule has 0 radical (unpaired) electrons. The number of nitrogens with zero attached hydrogens (tertiary/aromatic N) is 3. The molecule has 5 heteroatoms. The normalized spacial score (nSPS) is 19.3. The van der Waals surface area contributed by atoms with E-state index < -0.39 is 0 Å². The van der Waals surface area contributed by atoms with E-state index in [9.17, 15) is 5.11 Å². The van der Waals surface area contributed by atoms with Gasteiger partial charge in [0.25, 0.3) is 0 Å². The van der Waals surface area contributed by atoms with Crippen LogP contribution in [0.1, 0.15) is 57.8 Å². The van der Waals surface area contributed by atoms with E-state index in [2.05, 4.69) is 29.2 Å². The van der Waals surface area contributed by atoms with Crippen LogP contribution in [0.25, 0.3) is 0 Å². The van der Waals surface area contributed by atoms with Crippen molar-refractivity contribution in [3.63, 3.8) is 0 Å². The topological polar surface area (TPSA) is 63.0 Å². The number of aromatic nitrogens is 3. The largest absolute Gasteiger partial charge is 0.394 e. The molecule has 1 aliphatic carbocycles. The van der Waals surface area contributed by atoms with Gasteiger partial charge in [0.15, 0.2) is 0 Å². The van der Waals surface area contributed by atoms with Crippen LogP contribution in [0.3, 0.4) is 0 Å². The molecular formula is C13H24N4O. The monoisotopic (exact) mass is 252 g/mol. The maximum Gasteiger partial charge on any atom is 0.141 e. The van der Waals surface area contributed by atoms with Crippen LogP contribution in [0.2, 0.25) is 0 Å². The van der Waals surface area contributed by atoms with Gasteiger partial charge in [0.05, 0.1) is 13.2 Å². The van der Waals surface area contributed by atoms with Crippen molar-refractivity contribution >= 4 is 0 Å². The summed E-state index contributed by atoms with van der Waals surface area (Å²) in [6.07, 6.45) is 7.39. The highest BCUT2D eigenvalue weighted by Gasteiger charge is 2.31. The molecule has 2 rings (SSSR count). The van der Waals surface area contributed by atoms with Crippen molar-refractivity contribution in [1.82, 2.24) is 20.1 Å². The molecule has 0 aliphatic heterocycles. The first-order chi connectivity index (χ1) is 8.67. The molecule has 1 fully saturated rings. The van der Waals surface area contributed by atoms with E-state index in [1.807, 2.05) is 4.68 Å². The molecule has 0 spiro atoms. The summed E-state index contributed by atoms with van der Waals surface area (Å²) in [5, 5.41) is 17.4. The van der Waals surface area contributed by atoms with Crippen molar-refractivity contribution in [2.24, 2.45) is 0 Å². The second kappa shape index (κ2) is 5.80. The summed E-state index contributed by atoms with van der Waals surface area (Å²) in [5.74, 6) is 0.948. The summed E-state index contributed by atoms with van der Waals surface area (Å²) in [6.45, 7) is 5.09. The Kier molecular flexibility index (Phi) is 4.35. The molecule has 0 bridgehead atoms. The fourth-order valence-electron chi connectivity index (χ4n) is 2.72. The molecule has 1 saturated carbocycles. The van der Waals surface area contributed by atoms with Crippen LogP contribution in [-0.4, -0.2) is 32.0 Å². The first kappa shape index (κ1) is 13.5. The third-order valence-corrected chi connectivity index (χ3v) is 3.87. The smallest absolute Gasteiger partial charge is 0.141 e. The van der Waals surface area contributed by atoms with Crippen LogP contribution in [0.4, 0.5) is 0 Å². The molecule has 1 aromatic heterocycles. The lowest BCUT2D eigenvalue weighted by Crippen LogP contribution is -2.49. The summed E-state index contributed by atoms with van der Waals surface area (Å²) >= 11 is 0. The van der Waals surface area contributed by atoms with Gasteiger partial charge < -0.3 is 10.4 Å². The highest BCUT2D eigenvalue weighted by molar-refractivity contribution is 4.94. The van der Waals surface area contributed by atoms with E-state index in [4.69, 9.17) is 0 Å². The van der Waals surface area contributed by atoms with Crippen molar-refractivity contribution < 1.29 is 5.11 Å². The Morgan fingerprint density at radius 1 is 1.39 bits per heavy atom. The van der Waals surface area contributed by atoms with Gasteiger partial charge in [-0.05, 0) is 26.7 Å². The molecule has 1 aromatic rings. The summed E-state index contributed by atoms with van der Waals surface area (Å²) in [4.78, 5) is 4.29. The minimum atomic E-state index is -0.105. The van der Waals surface area contributed by atoms with Gasteiger partial charge in [-0.3, -0.25) is 0 Å². The number of hydrogen-bond donors (Lipinski definition) is 2. The van der Waals surface area contributed by atoms with Gasteiger partial charge in [0.2, 0.25) is 0 Å². The molecule has 102 valence electrons. The average Bonchev–Trinajstić information content (AvgIpc) is 2.86. The van der Waals surface area contributed by atoms with Gasteiger partial charge in [-0.1, -0.05) is 19.3 Å². The van der Waals surface area contributed by atoms with Gasteiger partial charge in [0.1, 0.15) is 12.2 Å². The summed E-state index contributed by atoms with van der Waals surface area (Å²) in [7, 11) is 0. The highest BCUT2D eigenvalue weighted by Crippen LogP contribution is 2.28. The average molecular weight is 252 g/mol. The first-order valence-corrected chi connectivity index (χ1v) is 6.91. The third-order valence-electron chi connectivity index (χ3n) is 3.87. The van der Waals surface area contributed by atoms with Crippen molar-refractivity contribution in [1.29, 1.82) is 0 Å². The second-order valence-electron chi connectivity index (χ2n) is 5.57. The Bertz CT molecular complexity index is 369. The zero-order valence-corrected chi connectivity index (χ0v) is 11.4. The fourth-order valence-corrected chi connectivity index (χ4v) is 2.72. The zero-order valence-electron chi connectivity index (χ0n) is 11.4. The van der Waals surface area contributed by atoms with Crippen LogP contribution in [0, 0.1) is 0 Å². The Morgan fingerprint density at radius 2 is 2.11 bits per heavy atom. The molecule has 1 heterocycles. The minimum absolute atomic E-state index is 0.105. The van der Waals surface area contributed by atoms with Crippen LogP contribution >= 0.6 is 0 Å². The van der Waals surface area contributed by atoms with Crippen molar-refractivity contribution in [3.8, 4) is 0 Å². The maximum absolute atomic E-state index is 9.64. The van der Waals surface area contributed by atoms with Crippen molar-refractivity contribution in [2.75, 3.05) is 6.61 Å². The first-order valence-electron chi connectivity index (χ1n) is 6.91. The zero-order chi connectivity index (χ0) is 13.0. The van der Waals surface area contributed by atoms with Gasteiger partial charge in [-0.2, -0.15) is 5.10 Å². The van der Waals surface area contributed by atoms with Gasteiger partial charge in [0, 0.05) is 11.6 Å². The standard InChI is InChI=1S/C13H24N4O/c1-11(2)17-12(14-10-16-17)8-15-13(9-18)6-4-3-5-7-13/h10-11,15,18H,3-9H2,1-2H3. The molecule has 5 nitrogen and oxygen atoms in total. The highest BCUT2D eigenvalue weighted by atomic mass is 16.3. The molecule has 2 N–H and O–H groups in total. The number of aliphatic hydroxyl groups excluding tert-OH is 1. The minimum Gasteiger partial charge on any atom is -0.394 e. The number of hydrogen-bond acceptors (Lipinski definition) is 4. The molecule has 0 aromatic carbocycles. The van der Waals surface area contributed by atoms with Crippen LogP contribution in [0.15, 0.2) is 6.33 Å². The third kappa shape index (κ3) is 2.90. The van der Waals surface area contributed by atoms with Gasteiger partial charge >= 0.3 is 0 Å². The molecule has 1 aliphatic rings. The lowest BCUT2D eigenvalue weighted by Gasteiger charge is -2.36. The lowest BCUT2D eigenvalue weighted by molar-refractivity contribution is 0.118. The Labute approximate surface area is 109 Å². The molecule has 18 heavy (non-hydrogen) atoms. The van der Waals surface area contributed by atoms with E-state index in [0.717, 1.165) is 18.7 Å². The Morgan fingerprint density at radius 3 is 2.72 bits per heavy atom. The summed E-state index contributed by atoms with van der Waals surface area (Å²) in [5.41, 5.74) is -0.105. The van der Waals surface area contributed by atoms with E-state index >= 15 is 0 Å². The van der Waals surface area contributed by atoms with E-state index in [1.54, 1.807) is 6.33 Å². The van der Waals surface area contributed by atoms with Crippen molar-refractivity contribution in [3.05, 3.63) is 12.2 Å². The molecule has 0 amide bonds. The molecular weight excluding hydrogens is 228 g/mol. The SMILES string of the molecule is CC(C)n1ncnc1CNC1(CO)CCCCC1. The quantitative estimate of drug-likeness (QED) is 0.836. The van der Waals surface area contributed by atoms with Crippen LogP contribution in [0.5, 0.6) is 0 Å². The van der Waals surface area contributed by atoms with E-state index in [-0.39, 0.29) is 12.1 Å². The number of aliphatic hydroxyl groups is 1. The number of nitrogens with one attached hydrogen (secondary N) is 1. The van der Waals surface area contributed by atoms with E-state index in [0.29, 0.717) is 12.6 Å².